The largest absolute Gasteiger partial charge is 0.391 e. The molecule has 3 N–H and O–H groups in total. The first-order valence-electron chi connectivity index (χ1n) is 8.41. The molecule has 0 aliphatic carbocycles. The van der Waals surface area contributed by atoms with Crippen molar-refractivity contribution >= 4 is 28.4 Å². The molecule has 0 bridgehead atoms. The second-order valence-electron chi connectivity index (χ2n) is 5.89. The minimum atomic E-state index is -0.742. The molecule has 0 saturated carbocycles. The van der Waals surface area contributed by atoms with Gasteiger partial charge in [-0.3, -0.25) is 9.59 Å². The lowest BCUT2D eigenvalue weighted by atomic mass is 10.2. The maximum absolute atomic E-state index is 11.9. The van der Waals surface area contributed by atoms with Gasteiger partial charge in [-0.2, -0.15) is 0 Å². The Morgan fingerprint density at radius 1 is 1.17 bits per heavy atom. The van der Waals surface area contributed by atoms with E-state index in [0.717, 1.165) is 30.3 Å². The highest BCUT2D eigenvalue weighted by atomic mass is 16.3. The first-order chi connectivity index (χ1) is 11.5. The lowest BCUT2D eigenvalue weighted by Crippen LogP contribution is -2.39. The van der Waals surface area contributed by atoms with Crippen molar-refractivity contribution < 1.29 is 14.7 Å². The van der Waals surface area contributed by atoms with Crippen LogP contribution >= 0.6 is 0 Å². The van der Waals surface area contributed by atoms with Gasteiger partial charge in [-0.05, 0) is 37.1 Å². The zero-order valence-corrected chi connectivity index (χ0v) is 14.2. The van der Waals surface area contributed by atoms with Gasteiger partial charge in [0.15, 0.2) is 0 Å². The molecule has 0 aliphatic rings. The quantitative estimate of drug-likeness (QED) is 0.681. The van der Waals surface area contributed by atoms with Crippen LogP contribution in [0.4, 0.5) is 5.69 Å². The molecule has 1 aromatic carbocycles. The summed E-state index contributed by atoms with van der Waals surface area (Å²) in [5, 5.41) is 15.6. The summed E-state index contributed by atoms with van der Waals surface area (Å²) in [6.45, 7) is 5.09. The van der Waals surface area contributed by atoms with E-state index in [2.05, 4.69) is 22.1 Å². The van der Waals surface area contributed by atoms with E-state index in [1.165, 1.54) is 0 Å². The van der Waals surface area contributed by atoms with E-state index < -0.39 is 17.9 Å². The molecule has 6 nitrogen and oxygen atoms in total. The number of aryl methyl sites for hydroxylation is 1. The number of nitrogens with one attached hydrogen (secondary N) is 2. The number of carbonyl (C=O) groups is 2. The van der Waals surface area contributed by atoms with E-state index in [1.54, 1.807) is 6.07 Å². The molecule has 0 fully saturated rings. The predicted molar refractivity (Wildman–Crippen MR) is 94.8 cm³/mol. The fraction of sp³-hybridized carbons (Fsp3) is 0.444. The number of rotatable bonds is 7. The van der Waals surface area contributed by atoms with Crippen LogP contribution in [-0.4, -0.2) is 34.1 Å². The van der Waals surface area contributed by atoms with E-state index in [1.807, 2.05) is 31.3 Å². The van der Waals surface area contributed by atoms with E-state index in [9.17, 15) is 14.7 Å². The van der Waals surface area contributed by atoms with Gasteiger partial charge in [-0.15, -0.1) is 0 Å². The lowest BCUT2D eigenvalue weighted by molar-refractivity contribution is -0.136. The van der Waals surface area contributed by atoms with Crippen LogP contribution in [0.25, 0.3) is 10.9 Å². The smallest absolute Gasteiger partial charge is 0.313 e. The molecule has 1 heterocycles. The maximum atomic E-state index is 11.9. The number of nitrogens with zero attached hydrogens (tertiary/aromatic N) is 1. The van der Waals surface area contributed by atoms with Crippen LogP contribution in [0.3, 0.4) is 0 Å². The molecule has 1 unspecified atom stereocenters. The van der Waals surface area contributed by atoms with Crippen molar-refractivity contribution in [2.45, 2.75) is 45.8 Å². The number of aromatic nitrogens is 1. The molecule has 2 aromatic rings. The summed E-state index contributed by atoms with van der Waals surface area (Å²) in [5.41, 5.74) is 1.67. The number of carbonyl (C=O) groups excluding carboxylic acids is 2. The third-order valence-corrected chi connectivity index (χ3v) is 3.82. The van der Waals surface area contributed by atoms with Gasteiger partial charge >= 0.3 is 11.8 Å². The van der Waals surface area contributed by atoms with Crippen LogP contribution in [0, 0.1) is 0 Å². The highest BCUT2D eigenvalue weighted by Crippen LogP contribution is 2.20. The third kappa shape index (κ3) is 4.58. The predicted octanol–water partition coefficient (Wildman–Crippen LogP) is 2.27. The number of amides is 2. The van der Waals surface area contributed by atoms with Gasteiger partial charge in [-0.25, -0.2) is 0 Å². The molecule has 24 heavy (non-hydrogen) atoms. The van der Waals surface area contributed by atoms with Crippen LogP contribution in [0.1, 0.15) is 33.1 Å². The molecule has 0 saturated heterocycles. The summed E-state index contributed by atoms with van der Waals surface area (Å²) in [7, 11) is 0. The van der Waals surface area contributed by atoms with E-state index in [4.69, 9.17) is 0 Å². The zero-order valence-electron chi connectivity index (χ0n) is 14.2. The number of hydrogen-bond donors (Lipinski definition) is 3. The summed E-state index contributed by atoms with van der Waals surface area (Å²) >= 11 is 0. The van der Waals surface area contributed by atoms with Gasteiger partial charge in [0.2, 0.25) is 0 Å². The van der Waals surface area contributed by atoms with Crippen LogP contribution in [-0.2, 0) is 16.1 Å². The minimum absolute atomic E-state index is 0.0823. The highest BCUT2D eigenvalue weighted by molar-refractivity contribution is 6.39. The number of benzene rings is 1. The Bertz CT molecular complexity index is 709. The van der Waals surface area contributed by atoms with E-state index in [-0.39, 0.29) is 6.54 Å². The number of aliphatic hydroxyl groups excluding tert-OH is 1. The fourth-order valence-corrected chi connectivity index (χ4v) is 2.63. The van der Waals surface area contributed by atoms with Gasteiger partial charge < -0.3 is 20.3 Å². The number of fused-ring (bicyclic) bond motifs is 1. The van der Waals surface area contributed by atoms with Crippen LogP contribution < -0.4 is 10.6 Å². The Hall–Kier alpha value is -2.34. The van der Waals surface area contributed by atoms with Gasteiger partial charge in [0.1, 0.15) is 0 Å². The molecule has 1 atom stereocenters. The van der Waals surface area contributed by atoms with Crippen LogP contribution in [0.2, 0.25) is 0 Å². The summed E-state index contributed by atoms with van der Waals surface area (Å²) in [5.74, 6) is -1.47. The molecule has 1 aromatic heterocycles. The third-order valence-electron chi connectivity index (χ3n) is 3.82. The standard InChI is InChI=1S/C18H25N3O3/c1-3-5-15(22)12-19-17(23)18(24)20-14-6-7-16-13(11-14)8-10-21(16)9-4-2/h6-8,10-11,15,22H,3-5,9,12H2,1-2H3,(H,19,23)(H,20,24). The van der Waals surface area contributed by atoms with Gasteiger partial charge in [-0.1, -0.05) is 20.3 Å². The first-order valence-corrected chi connectivity index (χ1v) is 8.41. The maximum Gasteiger partial charge on any atom is 0.313 e. The van der Waals surface area contributed by atoms with Gasteiger partial charge in [0.25, 0.3) is 0 Å². The van der Waals surface area contributed by atoms with E-state index >= 15 is 0 Å². The van der Waals surface area contributed by atoms with Crippen molar-refractivity contribution in [3.63, 3.8) is 0 Å². The summed E-state index contributed by atoms with van der Waals surface area (Å²) in [6, 6.07) is 7.55. The average Bonchev–Trinajstić information content (AvgIpc) is 2.95. The number of hydrogen-bond acceptors (Lipinski definition) is 3. The van der Waals surface area contributed by atoms with Gasteiger partial charge in [0.05, 0.1) is 6.10 Å². The lowest BCUT2D eigenvalue weighted by Gasteiger charge is -2.11. The molecule has 6 heteroatoms. The van der Waals surface area contributed by atoms with Crippen molar-refractivity contribution in [2.75, 3.05) is 11.9 Å². The molecule has 0 spiro atoms. The molecule has 2 amide bonds. The minimum Gasteiger partial charge on any atom is -0.391 e. The second kappa shape index (κ2) is 8.49. The Morgan fingerprint density at radius 3 is 2.67 bits per heavy atom. The Morgan fingerprint density at radius 2 is 1.96 bits per heavy atom. The number of anilines is 1. The molecule has 130 valence electrons. The van der Waals surface area contributed by atoms with Crippen molar-refractivity contribution in [3.8, 4) is 0 Å². The van der Waals surface area contributed by atoms with E-state index in [0.29, 0.717) is 12.1 Å². The monoisotopic (exact) mass is 331 g/mol. The molecule has 0 aliphatic heterocycles. The first kappa shape index (κ1) is 18.0. The zero-order chi connectivity index (χ0) is 17.5. The van der Waals surface area contributed by atoms with Crippen molar-refractivity contribution in [3.05, 3.63) is 30.5 Å². The van der Waals surface area contributed by atoms with Crippen molar-refractivity contribution in [1.29, 1.82) is 0 Å². The van der Waals surface area contributed by atoms with Crippen LogP contribution in [0.5, 0.6) is 0 Å². The topological polar surface area (TPSA) is 83.4 Å². The van der Waals surface area contributed by atoms with Crippen LogP contribution in [0.15, 0.2) is 30.5 Å². The SMILES string of the molecule is CCCC(O)CNC(=O)C(=O)Nc1ccc2c(ccn2CCC)c1. The molecular weight excluding hydrogens is 306 g/mol. The fourth-order valence-electron chi connectivity index (χ4n) is 2.63. The van der Waals surface area contributed by atoms with Gasteiger partial charge in [0, 0.05) is 35.9 Å². The summed E-state index contributed by atoms with van der Waals surface area (Å²) in [6.07, 6.45) is 3.85. The Balaban J connectivity index is 1.96. The molecular formula is C18H25N3O3. The van der Waals surface area contributed by atoms with Crippen molar-refractivity contribution in [1.82, 2.24) is 9.88 Å². The normalized spacial score (nSPS) is 12.1. The summed E-state index contributed by atoms with van der Waals surface area (Å²) < 4.78 is 2.16. The molecule has 2 rings (SSSR count). The summed E-state index contributed by atoms with van der Waals surface area (Å²) in [4.78, 5) is 23.7. The Kier molecular flexibility index (Phi) is 6.37. The number of aliphatic hydroxyl groups is 1. The van der Waals surface area contributed by atoms with Crippen molar-refractivity contribution in [2.24, 2.45) is 0 Å². The Labute approximate surface area is 141 Å². The highest BCUT2D eigenvalue weighted by Gasteiger charge is 2.15. The molecule has 0 radical (unpaired) electrons. The average molecular weight is 331 g/mol. The second-order valence-corrected chi connectivity index (χ2v) is 5.89.